The van der Waals surface area contributed by atoms with Crippen molar-refractivity contribution in [1.82, 2.24) is 5.32 Å². The Balaban J connectivity index is 4.08. The van der Waals surface area contributed by atoms with Crippen LogP contribution >= 0.6 is 12.6 Å². The van der Waals surface area contributed by atoms with Crippen LogP contribution in [0.4, 0.5) is 0 Å². The number of carbonyl (C=O) groups is 1. The van der Waals surface area contributed by atoms with E-state index in [-0.39, 0.29) is 0 Å². The first-order valence-corrected chi connectivity index (χ1v) is 10.6. The SMILES string of the molecule is CC(C)=CCC/C(C)=C/CCC(C)=CCC/C(C)=C/CN[C@@H](CS)C(=O)O. The van der Waals surface area contributed by atoms with E-state index in [0.717, 1.165) is 38.5 Å². The third kappa shape index (κ3) is 15.5. The van der Waals surface area contributed by atoms with E-state index in [9.17, 15) is 4.79 Å². The molecule has 0 unspecified atom stereocenters. The van der Waals surface area contributed by atoms with Crippen LogP contribution < -0.4 is 5.32 Å². The molecule has 0 rings (SSSR count). The summed E-state index contributed by atoms with van der Waals surface area (Å²) in [5.41, 5.74) is 5.60. The van der Waals surface area contributed by atoms with Gasteiger partial charge in [-0.15, -0.1) is 0 Å². The van der Waals surface area contributed by atoms with Gasteiger partial charge in [-0.25, -0.2) is 0 Å². The lowest BCUT2D eigenvalue weighted by atomic mass is 10.0. The van der Waals surface area contributed by atoms with Gasteiger partial charge in [-0.05, 0) is 73.1 Å². The highest BCUT2D eigenvalue weighted by atomic mass is 32.1. The van der Waals surface area contributed by atoms with E-state index in [1.807, 2.05) is 0 Å². The third-order valence-corrected chi connectivity index (χ3v) is 4.81. The maximum atomic E-state index is 10.9. The lowest BCUT2D eigenvalue weighted by Crippen LogP contribution is -2.38. The Morgan fingerprint density at radius 2 is 1.30 bits per heavy atom. The zero-order chi connectivity index (χ0) is 20.7. The van der Waals surface area contributed by atoms with Crippen LogP contribution in [0.15, 0.2) is 46.6 Å². The summed E-state index contributed by atoms with van der Waals surface area (Å²) in [5.74, 6) is -0.552. The molecule has 0 fully saturated rings. The Kier molecular flexibility index (Phi) is 15.0. The van der Waals surface area contributed by atoms with Crippen LogP contribution in [0.2, 0.25) is 0 Å². The van der Waals surface area contributed by atoms with Crippen LogP contribution in [-0.2, 0) is 4.79 Å². The second kappa shape index (κ2) is 15.8. The van der Waals surface area contributed by atoms with Crippen molar-refractivity contribution in [2.24, 2.45) is 0 Å². The first kappa shape index (κ1) is 25.7. The molecular weight excluding hydrogens is 354 g/mol. The highest BCUT2D eigenvalue weighted by Gasteiger charge is 2.12. The van der Waals surface area contributed by atoms with Gasteiger partial charge in [-0.1, -0.05) is 46.6 Å². The van der Waals surface area contributed by atoms with E-state index in [0.29, 0.717) is 12.3 Å². The summed E-state index contributed by atoms with van der Waals surface area (Å²) in [4.78, 5) is 10.9. The van der Waals surface area contributed by atoms with E-state index < -0.39 is 12.0 Å². The molecule has 2 N–H and O–H groups in total. The van der Waals surface area contributed by atoms with Crippen molar-refractivity contribution < 1.29 is 9.90 Å². The first-order valence-electron chi connectivity index (χ1n) is 9.93. The Morgan fingerprint density at radius 1 is 0.852 bits per heavy atom. The van der Waals surface area contributed by atoms with Gasteiger partial charge in [0.15, 0.2) is 0 Å². The van der Waals surface area contributed by atoms with Gasteiger partial charge in [0.25, 0.3) is 0 Å². The van der Waals surface area contributed by atoms with Crippen molar-refractivity contribution in [2.75, 3.05) is 12.3 Å². The van der Waals surface area contributed by atoms with E-state index >= 15 is 0 Å². The minimum Gasteiger partial charge on any atom is -0.480 e. The smallest absolute Gasteiger partial charge is 0.321 e. The molecule has 27 heavy (non-hydrogen) atoms. The van der Waals surface area contributed by atoms with Crippen LogP contribution in [0.3, 0.4) is 0 Å². The summed E-state index contributed by atoms with van der Waals surface area (Å²) in [7, 11) is 0. The van der Waals surface area contributed by atoms with E-state index in [2.05, 4.69) is 76.9 Å². The van der Waals surface area contributed by atoms with E-state index in [4.69, 9.17) is 5.11 Å². The molecule has 0 spiro atoms. The molecule has 0 bridgehead atoms. The first-order chi connectivity index (χ1) is 12.8. The molecule has 0 heterocycles. The van der Waals surface area contributed by atoms with Gasteiger partial charge in [0.1, 0.15) is 6.04 Å². The number of aliphatic carboxylic acids is 1. The minimum absolute atomic E-state index is 0.299. The van der Waals surface area contributed by atoms with Crippen LogP contribution in [-0.4, -0.2) is 29.4 Å². The summed E-state index contributed by atoms with van der Waals surface area (Å²) in [6.07, 6.45) is 15.6. The molecule has 0 aliphatic heterocycles. The molecule has 0 aromatic carbocycles. The standard InChI is InChI=1S/C23H39NO2S/c1-18(2)9-6-10-19(3)11-7-12-20(4)13-8-14-21(5)15-16-24-22(17-27)23(25)26/h9,11,13,15,22,24,27H,6-8,10,12,14,16-17H2,1-5H3,(H,25,26)/b19-11+,20-13?,21-15+/t22-/m0/s1. The Labute approximate surface area is 172 Å². The second-order valence-electron chi connectivity index (χ2n) is 7.53. The van der Waals surface area contributed by atoms with Gasteiger partial charge in [-0.2, -0.15) is 12.6 Å². The molecule has 0 radical (unpaired) electrons. The maximum Gasteiger partial charge on any atom is 0.321 e. The Bertz CT molecular complexity index is 555. The topological polar surface area (TPSA) is 49.3 Å². The Morgan fingerprint density at radius 3 is 1.70 bits per heavy atom. The van der Waals surface area contributed by atoms with Crippen molar-refractivity contribution >= 4 is 18.6 Å². The van der Waals surface area contributed by atoms with Crippen LogP contribution in [0.5, 0.6) is 0 Å². The summed E-state index contributed by atoms with van der Waals surface area (Å²) in [6.45, 7) is 11.4. The zero-order valence-corrected chi connectivity index (χ0v) is 18.7. The summed E-state index contributed by atoms with van der Waals surface area (Å²) >= 11 is 4.05. The molecule has 0 aliphatic carbocycles. The second-order valence-corrected chi connectivity index (χ2v) is 7.90. The van der Waals surface area contributed by atoms with Crippen molar-refractivity contribution in [1.29, 1.82) is 0 Å². The van der Waals surface area contributed by atoms with Crippen LogP contribution in [0.25, 0.3) is 0 Å². The van der Waals surface area contributed by atoms with Gasteiger partial charge < -0.3 is 10.4 Å². The predicted molar refractivity (Wildman–Crippen MR) is 122 cm³/mol. The van der Waals surface area contributed by atoms with Crippen molar-refractivity contribution in [2.45, 2.75) is 79.2 Å². The molecule has 1 atom stereocenters. The van der Waals surface area contributed by atoms with E-state index in [1.54, 1.807) is 0 Å². The lowest BCUT2D eigenvalue weighted by Gasteiger charge is -2.10. The maximum absolute atomic E-state index is 10.9. The van der Waals surface area contributed by atoms with Gasteiger partial charge in [0.05, 0.1) is 0 Å². The Hall–Kier alpha value is -1.26. The molecule has 0 amide bonds. The highest BCUT2D eigenvalue weighted by molar-refractivity contribution is 7.80. The normalized spacial score (nSPS) is 14.2. The quantitative estimate of drug-likeness (QED) is 0.247. The van der Waals surface area contributed by atoms with Crippen LogP contribution in [0, 0.1) is 0 Å². The lowest BCUT2D eigenvalue weighted by molar-refractivity contribution is -0.138. The average Bonchev–Trinajstić information content (AvgIpc) is 2.58. The molecule has 0 saturated carbocycles. The number of hydrogen-bond donors (Lipinski definition) is 3. The summed E-state index contributed by atoms with van der Waals surface area (Å²) in [5, 5.41) is 11.9. The number of rotatable bonds is 14. The van der Waals surface area contributed by atoms with Gasteiger partial charge in [0.2, 0.25) is 0 Å². The average molecular weight is 394 g/mol. The van der Waals surface area contributed by atoms with Crippen molar-refractivity contribution in [3.05, 3.63) is 46.6 Å². The third-order valence-electron chi connectivity index (χ3n) is 4.45. The van der Waals surface area contributed by atoms with E-state index in [1.165, 1.54) is 22.3 Å². The summed E-state index contributed by atoms with van der Waals surface area (Å²) in [6, 6.07) is -0.585. The number of carboxylic acid groups (broad SMARTS) is 1. The number of thiol groups is 1. The zero-order valence-electron chi connectivity index (χ0n) is 17.8. The molecule has 3 nitrogen and oxygen atoms in total. The molecule has 0 aliphatic rings. The van der Waals surface area contributed by atoms with Crippen molar-refractivity contribution in [3.63, 3.8) is 0 Å². The number of hydrogen-bond acceptors (Lipinski definition) is 3. The van der Waals surface area contributed by atoms with Crippen LogP contribution in [0.1, 0.15) is 73.1 Å². The van der Waals surface area contributed by atoms with Gasteiger partial charge in [-0.3, -0.25) is 4.79 Å². The molecular formula is C23H39NO2S. The van der Waals surface area contributed by atoms with Gasteiger partial charge in [0, 0.05) is 12.3 Å². The largest absolute Gasteiger partial charge is 0.480 e. The molecule has 0 aromatic heterocycles. The summed E-state index contributed by atoms with van der Waals surface area (Å²) < 4.78 is 0. The molecule has 4 heteroatoms. The number of nitrogens with one attached hydrogen (secondary N) is 1. The highest BCUT2D eigenvalue weighted by Crippen LogP contribution is 2.13. The molecule has 0 aromatic rings. The number of allylic oxidation sites excluding steroid dienone is 7. The molecule has 0 saturated heterocycles. The predicted octanol–water partition coefficient (Wildman–Crippen LogP) is 6.10. The minimum atomic E-state index is -0.851. The number of carboxylic acids is 1. The molecule has 154 valence electrons. The fourth-order valence-corrected chi connectivity index (χ4v) is 2.88. The monoisotopic (exact) mass is 393 g/mol. The van der Waals surface area contributed by atoms with Crippen molar-refractivity contribution in [3.8, 4) is 0 Å². The fraction of sp³-hybridized carbons (Fsp3) is 0.609. The van der Waals surface area contributed by atoms with Gasteiger partial charge >= 0.3 is 5.97 Å². The fourth-order valence-electron chi connectivity index (χ4n) is 2.59.